The summed E-state index contributed by atoms with van der Waals surface area (Å²) < 4.78 is 5.56. The van der Waals surface area contributed by atoms with Crippen molar-refractivity contribution in [1.29, 1.82) is 0 Å². The van der Waals surface area contributed by atoms with Crippen LogP contribution in [0.2, 0.25) is 0 Å². The van der Waals surface area contributed by atoms with Crippen molar-refractivity contribution < 1.29 is 4.74 Å². The van der Waals surface area contributed by atoms with Gasteiger partial charge in [-0.05, 0) is 23.3 Å². The highest BCUT2D eigenvalue weighted by atomic mass is 16.5. The number of hydrogen-bond acceptors (Lipinski definition) is 6. The molecule has 0 amide bonds. The van der Waals surface area contributed by atoms with Crippen LogP contribution in [-0.2, 0) is 0 Å². The average Bonchev–Trinajstić information content (AvgIpc) is 3.44. The van der Waals surface area contributed by atoms with E-state index in [0.717, 1.165) is 33.5 Å². The Labute approximate surface area is 166 Å². The van der Waals surface area contributed by atoms with Crippen molar-refractivity contribution in [3.05, 3.63) is 67.3 Å². The predicted octanol–water partition coefficient (Wildman–Crippen LogP) is 4.16. The first kappa shape index (κ1) is 16.9. The Morgan fingerprint density at radius 1 is 0.966 bits per heavy atom. The standard InChI is InChI=1S/C21H17N7O/c1-29-17-8-7-14(13-5-3-2-4-6-13)9-16(17)26-20-18-19(15-10-24-25-11-15)27-28-21(18)23-12-22-20/h2-12H,1H3,(H,24,25)(H2,22,23,26,27,28). The van der Waals surface area contributed by atoms with Crippen molar-refractivity contribution in [3.8, 4) is 28.1 Å². The van der Waals surface area contributed by atoms with Gasteiger partial charge in [-0.3, -0.25) is 10.2 Å². The highest BCUT2D eigenvalue weighted by molar-refractivity contribution is 5.99. The van der Waals surface area contributed by atoms with E-state index in [0.29, 0.717) is 17.2 Å². The van der Waals surface area contributed by atoms with Crippen LogP contribution >= 0.6 is 0 Å². The zero-order valence-corrected chi connectivity index (χ0v) is 15.5. The summed E-state index contributed by atoms with van der Waals surface area (Å²) >= 11 is 0. The largest absolute Gasteiger partial charge is 0.495 e. The SMILES string of the molecule is COc1ccc(-c2ccccc2)cc1Nc1ncnc2n[nH]c(-c3cn[nH]c3)c12. The first-order chi connectivity index (χ1) is 14.3. The summed E-state index contributed by atoms with van der Waals surface area (Å²) in [6.07, 6.45) is 5.00. The zero-order valence-electron chi connectivity index (χ0n) is 15.5. The number of methoxy groups -OCH3 is 1. The summed E-state index contributed by atoms with van der Waals surface area (Å²) in [6.45, 7) is 0. The molecule has 0 aliphatic carbocycles. The first-order valence-corrected chi connectivity index (χ1v) is 9.02. The fourth-order valence-corrected chi connectivity index (χ4v) is 3.29. The molecule has 0 aliphatic heterocycles. The van der Waals surface area contributed by atoms with Crippen LogP contribution in [0.3, 0.4) is 0 Å². The lowest BCUT2D eigenvalue weighted by Crippen LogP contribution is -1.99. The molecule has 8 heteroatoms. The summed E-state index contributed by atoms with van der Waals surface area (Å²) in [6, 6.07) is 16.2. The predicted molar refractivity (Wildman–Crippen MR) is 111 cm³/mol. The molecule has 3 heterocycles. The minimum absolute atomic E-state index is 0.567. The van der Waals surface area contributed by atoms with Gasteiger partial charge in [-0.15, -0.1) is 0 Å². The number of rotatable bonds is 5. The fourth-order valence-electron chi connectivity index (χ4n) is 3.29. The Hall–Kier alpha value is -4.20. The molecule has 3 N–H and O–H groups in total. The first-order valence-electron chi connectivity index (χ1n) is 9.02. The van der Waals surface area contributed by atoms with E-state index in [1.807, 2.05) is 36.4 Å². The minimum Gasteiger partial charge on any atom is -0.495 e. The maximum atomic E-state index is 5.56. The number of hydrogen-bond donors (Lipinski definition) is 3. The van der Waals surface area contributed by atoms with Gasteiger partial charge < -0.3 is 10.1 Å². The molecule has 0 bridgehead atoms. The Morgan fingerprint density at radius 3 is 2.66 bits per heavy atom. The van der Waals surface area contributed by atoms with Gasteiger partial charge in [0, 0.05) is 11.8 Å². The minimum atomic E-state index is 0.567. The number of aromatic nitrogens is 6. The van der Waals surface area contributed by atoms with Crippen molar-refractivity contribution >= 4 is 22.5 Å². The van der Waals surface area contributed by atoms with Gasteiger partial charge in [-0.1, -0.05) is 36.4 Å². The Bertz CT molecular complexity index is 1260. The van der Waals surface area contributed by atoms with Gasteiger partial charge in [0.15, 0.2) is 5.65 Å². The molecule has 0 fully saturated rings. The maximum Gasteiger partial charge on any atom is 0.186 e. The molecule has 2 aromatic carbocycles. The molecule has 0 unspecified atom stereocenters. The third-order valence-electron chi connectivity index (χ3n) is 4.70. The number of benzene rings is 2. The highest BCUT2D eigenvalue weighted by Gasteiger charge is 2.16. The number of nitrogens with one attached hydrogen (secondary N) is 3. The van der Waals surface area contributed by atoms with E-state index in [2.05, 4.69) is 47.8 Å². The normalized spacial score (nSPS) is 10.9. The van der Waals surface area contributed by atoms with Gasteiger partial charge in [0.25, 0.3) is 0 Å². The van der Waals surface area contributed by atoms with Crippen molar-refractivity contribution in [2.75, 3.05) is 12.4 Å². The molecule has 5 aromatic rings. The van der Waals surface area contributed by atoms with E-state index in [1.165, 1.54) is 6.33 Å². The second kappa shape index (κ2) is 7.08. The van der Waals surface area contributed by atoms with Gasteiger partial charge >= 0.3 is 0 Å². The monoisotopic (exact) mass is 383 g/mol. The van der Waals surface area contributed by atoms with Gasteiger partial charge in [0.1, 0.15) is 17.9 Å². The number of nitrogens with zero attached hydrogens (tertiary/aromatic N) is 4. The third kappa shape index (κ3) is 3.06. The van der Waals surface area contributed by atoms with Crippen LogP contribution in [0.1, 0.15) is 0 Å². The Morgan fingerprint density at radius 2 is 1.86 bits per heavy atom. The smallest absolute Gasteiger partial charge is 0.186 e. The van der Waals surface area contributed by atoms with E-state index >= 15 is 0 Å². The molecule has 0 radical (unpaired) electrons. The summed E-state index contributed by atoms with van der Waals surface area (Å²) in [5, 5.41) is 18.3. The number of aromatic amines is 2. The van der Waals surface area contributed by atoms with E-state index in [9.17, 15) is 0 Å². The molecule has 3 aromatic heterocycles. The lowest BCUT2D eigenvalue weighted by Gasteiger charge is -2.13. The summed E-state index contributed by atoms with van der Waals surface area (Å²) in [5.74, 6) is 1.34. The number of ether oxygens (including phenoxy) is 1. The van der Waals surface area contributed by atoms with Crippen LogP contribution in [-0.4, -0.2) is 37.5 Å². The summed E-state index contributed by atoms with van der Waals surface area (Å²) in [4.78, 5) is 8.72. The molecule has 5 rings (SSSR count). The zero-order chi connectivity index (χ0) is 19.6. The molecule has 0 aliphatic rings. The van der Waals surface area contributed by atoms with Crippen LogP contribution in [0.5, 0.6) is 5.75 Å². The van der Waals surface area contributed by atoms with Gasteiger partial charge in [-0.25, -0.2) is 9.97 Å². The third-order valence-corrected chi connectivity index (χ3v) is 4.70. The average molecular weight is 383 g/mol. The van der Waals surface area contributed by atoms with Gasteiger partial charge in [-0.2, -0.15) is 10.2 Å². The Kier molecular flexibility index (Phi) is 4.14. The van der Waals surface area contributed by atoms with E-state index < -0.39 is 0 Å². The number of H-pyrrole nitrogens is 2. The van der Waals surface area contributed by atoms with E-state index in [1.54, 1.807) is 19.5 Å². The van der Waals surface area contributed by atoms with Crippen LogP contribution in [0.15, 0.2) is 67.3 Å². The molecule has 0 atom stereocenters. The van der Waals surface area contributed by atoms with Crippen molar-refractivity contribution in [2.45, 2.75) is 0 Å². The molecule has 0 spiro atoms. The second-order valence-corrected chi connectivity index (χ2v) is 6.41. The lowest BCUT2D eigenvalue weighted by molar-refractivity contribution is 0.417. The topological polar surface area (TPSA) is 104 Å². The molecule has 0 saturated carbocycles. The van der Waals surface area contributed by atoms with Crippen LogP contribution in [0, 0.1) is 0 Å². The van der Waals surface area contributed by atoms with Crippen molar-refractivity contribution in [3.63, 3.8) is 0 Å². The number of fused-ring (bicyclic) bond motifs is 1. The summed E-state index contributed by atoms with van der Waals surface area (Å²) in [5.41, 5.74) is 5.21. The van der Waals surface area contributed by atoms with Crippen molar-refractivity contribution in [1.82, 2.24) is 30.4 Å². The number of anilines is 2. The van der Waals surface area contributed by atoms with Crippen LogP contribution in [0.4, 0.5) is 11.5 Å². The molecule has 29 heavy (non-hydrogen) atoms. The second-order valence-electron chi connectivity index (χ2n) is 6.41. The molecular weight excluding hydrogens is 366 g/mol. The van der Waals surface area contributed by atoms with Gasteiger partial charge in [0.2, 0.25) is 0 Å². The summed E-state index contributed by atoms with van der Waals surface area (Å²) in [7, 11) is 1.65. The Balaban J connectivity index is 1.62. The van der Waals surface area contributed by atoms with Crippen molar-refractivity contribution in [2.24, 2.45) is 0 Å². The molecular formula is C21H17N7O. The highest BCUT2D eigenvalue weighted by Crippen LogP contribution is 2.35. The molecule has 142 valence electrons. The fraction of sp³-hybridized carbons (Fsp3) is 0.0476. The molecule has 0 saturated heterocycles. The van der Waals surface area contributed by atoms with E-state index in [4.69, 9.17) is 4.74 Å². The van der Waals surface area contributed by atoms with Gasteiger partial charge in [0.05, 0.1) is 30.1 Å². The van der Waals surface area contributed by atoms with Crippen LogP contribution < -0.4 is 10.1 Å². The van der Waals surface area contributed by atoms with E-state index in [-0.39, 0.29) is 0 Å². The molecule has 8 nitrogen and oxygen atoms in total. The quantitative estimate of drug-likeness (QED) is 0.421. The van der Waals surface area contributed by atoms with Crippen LogP contribution in [0.25, 0.3) is 33.4 Å². The maximum absolute atomic E-state index is 5.56. The lowest BCUT2D eigenvalue weighted by atomic mass is 10.0.